The molecule has 0 saturated heterocycles. The predicted molar refractivity (Wildman–Crippen MR) is 61.3 cm³/mol. The van der Waals surface area contributed by atoms with E-state index in [-0.39, 0.29) is 12.8 Å². The van der Waals surface area contributed by atoms with Crippen LogP contribution in [0.5, 0.6) is 0 Å². The summed E-state index contributed by atoms with van der Waals surface area (Å²) in [5.41, 5.74) is 2.26. The van der Waals surface area contributed by atoms with Crippen LogP contribution in [0.3, 0.4) is 0 Å². The minimum absolute atomic E-state index is 0.0298. The Morgan fingerprint density at radius 2 is 2.16 bits per heavy atom. The summed E-state index contributed by atoms with van der Waals surface area (Å²) in [6.45, 7) is 0. The lowest BCUT2D eigenvalue weighted by atomic mass is 10.0. The first-order chi connectivity index (χ1) is 8.86. The van der Waals surface area contributed by atoms with Crippen LogP contribution in [0.2, 0.25) is 0 Å². The van der Waals surface area contributed by atoms with Crippen LogP contribution in [0.1, 0.15) is 17.5 Å². The lowest BCUT2D eigenvalue weighted by Crippen LogP contribution is -2.38. The fourth-order valence-corrected chi connectivity index (χ4v) is 1.78. The van der Waals surface area contributed by atoms with E-state index in [4.69, 9.17) is 0 Å². The lowest BCUT2D eigenvalue weighted by Gasteiger charge is -2.17. The van der Waals surface area contributed by atoms with Gasteiger partial charge in [-0.1, -0.05) is 18.2 Å². The Bertz CT molecular complexity index is 526. The molecule has 0 aliphatic carbocycles. The molecule has 102 valence electrons. The average molecular weight is 272 g/mol. The smallest absolute Gasteiger partial charge is 0.383 e. The van der Waals surface area contributed by atoms with Gasteiger partial charge in [0.25, 0.3) is 5.91 Å². The molecule has 0 spiro atoms. The fraction of sp³-hybridized carbons (Fsp3) is 0.333. The highest BCUT2D eigenvalue weighted by Gasteiger charge is 2.30. The second-order valence-electron chi connectivity index (χ2n) is 4.25. The molecule has 4 nitrogen and oxygen atoms in total. The summed E-state index contributed by atoms with van der Waals surface area (Å²) in [6, 6.07) is 4.88. The number of hydrazone groups is 1. The first kappa shape index (κ1) is 13.5. The Balaban J connectivity index is 2.14. The van der Waals surface area contributed by atoms with Crippen LogP contribution in [-0.4, -0.2) is 22.8 Å². The number of alkyl halides is 3. The molecule has 1 aliphatic rings. The lowest BCUT2D eigenvalue weighted by molar-refractivity contribution is -0.137. The highest BCUT2D eigenvalue weighted by atomic mass is 19.4. The maximum absolute atomic E-state index is 12.5. The van der Waals surface area contributed by atoms with Gasteiger partial charge in [-0.3, -0.25) is 4.79 Å². The number of carbonyl (C=O) groups excluding carboxylic acids is 1. The summed E-state index contributed by atoms with van der Waals surface area (Å²) < 4.78 is 37.6. The molecule has 2 rings (SSSR count). The second-order valence-corrected chi connectivity index (χ2v) is 4.25. The molecule has 0 saturated carbocycles. The van der Waals surface area contributed by atoms with Crippen LogP contribution < -0.4 is 5.43 Å². The third-order valence-corrected chi connectivity index (χ3v) is 2.72. The molecular formula is C12H11F3N2O2. The zero-order valence-electron chi connectivity index (χ0n) is 9.74. The first-order valence-corrected chi connectivity index (χ1v) is 5.56. The average Bonchev–Trinajstić information content (AvgIpc) is 2.33. The van der Waals surface area contributed by atoms with Crippen molar-refractivity contribution in [1.29, 1.82) is 0 Å². The topological polar surface area (TPSA) is 61.7 Å². The molecule has 19 heavy (non-hydrogen) atoms. The number of nitrogens with one attached hydrogen (secondary N) is 1. The van der Waals surface area contributed by atoms with Crippen molar-refractivity contribution in [3.8, 4) is 0 Å². The predicted octanol–water partition coefficient (Wildman–Crippen LogP) is 1.48. The van der Waals surface area contributed by atoms with Crippen molar-refractivity contribution >= 4 is 11.6 Å². The zero-order valence-corrected chi connectivity index (χ0v) is 9.74. The van der Waals surface area contributed by atoms with Gasteiger partial charge in [-0.25, -0.2) is 5.43 Å². The summed E-state index contributed by atoms with van der Waals surface area (Å²) in [5.74, 6) is -0.604. The summed E-state index contributed by atoms with van der Waals surface area (Å²) in [4.78, 5) is 11.0. The van der Waals surface area contributed by atoms with Crippen LogP contribution in [0.4, 0.5) is 13.2 Å². The molecule has 0 fully saturated rings. The van der Waals surface area contributed by atoms with Gasteiger partial charge in [0, 0.05) is 18.6 Å². The molecular weight excluding hydrogens is 261 g/mol. The van der Waals surface area contributed by atoms with Crippen LogP contribution in [0, 0.1) is 0 Å². The van der Waals surface area contributed by atoms with Crippen LogP contribution in [0.25, 0.3) is 0 Å². The number of halogens is 3. The van der Waals surface area contributed by atoms with Gasteiger partial charge in [-0.2, -0.15) is 18.3 Å². The van der Waals surface area contributed by atoms with Gasteiger partial charge in [0.1, 0.15) is 6.10 Å². The number of benzene rings is 1. The van der Waals surface area contributed by atoms with E-state index in [9.17, 15) is 23.1 Å². The van der Waals surface area contributed by atoms with Crippen LogP contribution in [0.15, 0.2) is 29.4 Å². The van der Waals surface area contributed by atoms with E-state index in [1.807, 2.05) is 0 Å². The number of carbonyl (C=O) groups is 1. The monoisotopic (exact) mass is 272 g/mol. The number of hydrogen-bond acceptors (Lipinski definition) is 3. The molecule has 0 aromatic heterocycles. The van der Waals surface area contributed by atoms with Gasteiger partial charge in [-0.05, 0) is 11.6 Å². The van der Waals surface area contributed by atoms with E-state index in [1.54, 1.807) is 6.07 Å². The van der Waals surface area contributed by atoms with Crippen molar-refractivity contribution in [1.82, 2.24) is 5.43 Å². The molecule has 1 aromatic carbocycles. The molecule has 1 aromatic rings. The third kappa shape index (κ3) is 3.31. The van der Waals surface area contributed by atoms with Crippen molar-refractivity contribution in [2.45, 2.75) is 25.1 Å². The minimum Gasteiger partial charge on any atom is -0.383 e. The van der Waals surface area contributed by atoms with E-state index in [0.717, 1.165) is 12.1 Å². The number of aliphatic hydroxyl groups is 1. The molecule has 1 atom stereocenters. The van der Waals surface area contributed by atoms with E-state index < -0.39 is 23.8 Å². The Morgan fingerprint density at radius 3 is 2.79 bits per heavy atom. The SMILES string of the molecule is O=C1NN=C(Cc2cccc(C(F)(F)F)c2)CC1O. The number of aliphatic hydroxyl groups excluding tert-OH is 1. The van der Waals surface area contributed by atoms with Gasteiger partial charge >= 0.3 is 6.18 Å². The fourth-order valence-electron chi connectivity index (χ4n) is 1.78. The quantitative estimate of drug-likeness (QED) is 0.856. The maximum atomic E-state index is 12.5. The normalized spacial score (nSPS) is 19.9. The van der Waals surface area contributed by atoms with Crippen LogP contribution in [-0.2, 0) is 17.4 Å². The van der Waals surface area contributed by atoms with Crippen LogP contribution >= 0.6 is 0 Å². The van der Waals surface area contributed by atoms with Gasteiger partial charge in [-0.15, -0.1) is 0 Å². The number of rotatable bonds is 2. The van der Waals surface area contributed by atoms with E-state index in [0.29, 0.717) is 11.3 Å². The molecule has 0 radical (unpaired) electrons. The Morgan fingerprint density at radius 1 is 1.42 bits per heavy atom. The Labute approximate surface area is 106 Å². The van der Waals surface area contributed by atoms with Gasteiger partial charge in [0.15, 0.2) is 0 Å². The minimum atomic E-state index is -4.39. The maximum Gasteiger partial charge on any atom is 0.416 e. The number of hydrogen-bond donors (Lipinski definition) is 2. The first-order valence-electron chi connectivity index (χ1n) is 5.56. The third-order valence-electron chi connectivity index (χ3n) is 2.72. The standard InChI is InChI=1S/C12H11F3N2O2/c13-12(14,15)8-3-1-2-7(4-8)5-9-6-10(18)11(19)17-16-9/h1-4,10,18H,5-6H2,(H,17,19). The molecule has 2 N–H and O–H groups in total. The summed E-state index contributed by atoms with van der Waals surface area (Å²) in [7, 11) is 0. The highest BCUT2D eigenvalue weighted by Crippen LogP contribution is 2.29. The summed E-state index contributed by atoms with van der Waals surface area (Å²) >= 11 is 0. The molecule has 7 heteroatoms. The van der Waals surface area contributed by atoms with Gasteiger partial charge < -0.3 is 5.11 Å². The second kappa shape index (κ2) is 5.00. The van der Waals surface area contributed by atoms with E-state index in [1.165, 1.54) is 6.07 Å². The van der Waals surface area contributed by atoms with E-state index >= 15 is 0 Å². The van der Waals surface area contributed by atoms with Crippen molar-refractivity contribution in [3.63, 3.8) is 0 Å². The molecule has 1 aliphatic heterocycles. The summed E-state index contributed by atoms with van der Waals surface area (Å²) in [6.07, 6.45) is -5.40. The van der Waals surface area contributed by atoms with Crippen molar-refractivity contribution in [2.24, 2.45) is 5.10 Å². The zero-order chi connectivity index (χ0) is 14.0. The number of amides is 1. The van der Waals surface area contributed by atoms with Gasteiger partial charge in [0.05, 0.1) is 5.56 Å². The largest absolute Gasteiger partial charge is 0.416 e. The molecule has 0 bridgehead atoms. The molecule has 1 unspecified atom stereocenters. The molecule has 1 heterocycles. The van der Waals surface area contributed by atoms with E-state index in [2.05, 4.69) is 10.5 Å². The highest BCUT2D eigenvalue weighted by molar-refractivity contribution is 5.96. The summed E-state index contributed by atoms with van der Waals surface area (Å²) in [5, 5.41) is 13.1. The van der Waals surface area contributed by atoms with Crippen molar-refractivity contribution in [3.05, 3.63) is 35.4 Å². The molecule has 1 amide bonds. The number of nitrogens with zero attached hydrogens (tertiary/aromatic N) is 1. The van der Waals surface area contributed by atoms with Gasteiger partial charge in [0.2, 0.25) is 0 Å². The van der Waals surface area contributed by atoms with Crippen molar-refractivity contribution < 1.29 is 23.1 Å². The Hall–Kier alpha value is -1.89. The Kier molecular flexibility index (Phi) is 3.57. The van der Waals surface area contributed by atoms with Crippen molar-refractivity contribution in [2.75, 3.05) is 0 Å².